The minimum atomic E-state index is -0.461. The molecule has 0 saturated carbocycles. The molecule has 0 aliphatic carbocycles. The van der Waals surface area contributed by atoms with Gasteiger partial charge in [-0.2, -0.15) is 0 Å². The highest BCUT2D eigenvalue weighted by Crippen LogP contribution is 2.26. The summed E-state index contributed by atoms with van der Waals surface area (Å²) >= 11 is 5.72. The number of aromatic nitrogens is 1. The van der Waals surface area contributed by atoms with Gasteiger partial charge in [0.05, 0.1) is 16.6 Å². The number of nitrogens with one attached hydrogen (secondary N) is 1. The fraction of sp³-hybridized carbons (Fsp3) is 0.0625. The molecular weight excluding hydrogens is 289 g/mol. The second-order valence-electron chi connectivity index (χ2n) is 4.73. The van der Waals surface area contributed by atoms with Gasteiger partial charge in [0.25, 0.3) is 0 Å². The van der Waals surface area contributed by atoms with Gasteiger partial charge in [-0.15, -0.1) is 0 Å². The molecule has 0 bridgehead atoms. The van der Waals surface area contributed by atoms with E-state index in [0.717, 1.165) is 16.5 Å². The van der Waals surface area contributed by atoms with Crippen LogP contribution in [0, 0.1) is 5.82 Å². The molecule has 0 saturated heterocycles. The molecule has 1 aromatic heterocycles. The Labute approximate surface area is 126 Å². The summed E-state index contributed by atoms with van der Waals surface area (Å²) in [7, 11) is 0. The van der Waals surface area contributed by atoms with Crippen molar-refractivity contribution in [3.05, 3.63) is 76.7 Å². The second-order valence-corrected chi connectivity index (χ2v) is 5.14. The number of halogens is 2. The summed E-state index contributed by atoms with van der Waals surface area (Å²) < 4.78 is 13.6. The number of hydrazine groups is 1. The maximum atomic E-state index is 13.6. The van der Waals surface area contributed by atoms with Gasteiger partial charge in [0, 0.05) is 11.6 Å². The van der Waals surface area contributed by atoms with Gasteiger partial charge in [-0.1, -0.05) is 29.8 Å². The molecule has 2 aromatic carbocycles. The first-order valence-electron chi connectivity index (χ1n) is 6.45. The summed E-state index contributed by atoms with van der Waals surface area (Å²) in [5.74, 6) is 5.19. The van der Waals surface area contributed by atoms with Crippen LogP contribution in [0.25, 0.3) is 10.9 Å². The van der Waals surface area contributed by atoms with Gasteiger partial charge in [0.15, 0.2) is 0 Å². The Balaban J connectivity index is 2.06. The third-order valence-corrected chi connectivity index (χ3v) is 3.71. The lowest BCUT2D eigenvalue weighted by Gasteiger charge is -2.17. The molecule has 3 rings (SSSR count). The van der Waals surface area contributed by atoms with Gasteiger partial charge in [-0.05, 0) is 41.5 Å². The van der Waals surface area contributed by atoms with Gasteiger partial charge in [0.2, 0.25) is 0 Å². The van der Waals surface area contributed by atoms with Crippen molar-refractivity contribution < 1.29 is 4.39 Å². The predicted molar refractivity (Wildman–Crippen MR) is 82.3 cm³/mol. The SMILES string of the molecule is NNC(c1ccc(Cl)c(F)c1)c1ccc2ncccc2c1. The summed E-state index contributed by atoms with van der Waals surface area (Å²) in [6.07, 6.45) is 1.75. The van der Waals surface area contributed by atoms with Crippen LogP contribution in [0.3, 0.4) is 0 Å². The van der Waals surface area contributed by atoms with Crippen molar-refractivity contribution in [2.24, 2.45) is 5.84 Å². The average molecular weight is 302 g/mol. The smallest absolute Gasteiger partial charge is 0.142 e. The predicted octanol–water partition coefficient (Wildman–Crippen LogP) is 3.58. The topological polar surface area (TPSA) is 50.9 Å². The summed E-state index contributed by atoms with van der Waals surface area (Å²) in [5.41, 5.74) is 5.26. The molecule has 21 heavy (non-hydrogen) atoms. The van der Waals surface area contributed by atoms with Crippen LogP contribution in [0.2, 0.25) is 5.02 Å². The van der Waals surface area contributed by atoms with Gasteiger partial charge < -0.3 is 0 Å². The van der Waals surface area contributed by atoms with Crippen LogP contribution in [-0.4, -0.2) is 4.98 Å². The van der Waals surface area contributed by atoms with Crippen LogP contribution in [0.4, 0.5) is 4.39 Å². The molecule has 3 aromatic rings. The molecule has 0 radical (unpaired) electrons. The Morgan fingerprint density at radius 1 is 1.10 bits per heavy atom. The van der Waals surface area contributed by atoms with Gasteiger partial charge in [-0.25, -0.2) is 9.82 Å². The lowest BCUT2D eigenvalue weighted by molar-refractivity contribution is 0.606. The lowest BCUT2D eigenvalue weighted by atomic mass is 9.98. The van der Waals surface area contributed by atoms with E-state index < -0.39 is 5.82 Å². The normalized spacial score (nSPS) is 12.5. The Hall–Kier alpha value is -2.01. The van der Waals surface area contributed by atoms with Crippen LogP contribution < -0.4 is 11.3 Å². The van der Waals surface area contributed by atoms with Crippen LogP contribution in [0.15, 0.2) is 54.7 Å². The van der Waals surface area contributed by atoms with Gasteiger partial charge in [0.1, 0.15) is 5.82 Å². The minimum absolute atomic E-state index is 0.0947. The number of hydrogen-bond acceptors (Lipinski definition) is 3. The first kappa shape index (κ1) is 13.9. The summed E-state index contributed by atoms with van der Waals surface area (Å²) in [6.45, 7) is 0. The van der Waals surface area contributed by atoms with Crippen molar-refractivity contribution in [1.82, 2.24) is 10.4 Å². The highest BCUT2D eigenvalue weighted by Gasteiger charge is 2.14. The molecule has 0 fully saturated rings. The summed E-state index contributed by atoms with van der Waals surface area (Å²) in [5, 5.41) is 1.10. The number of pyridine rings is 1. The zero-order valence-electron chi connectivity index (χ0n) is 11.1. The highest BCUT2D eigenvalue weighted by molar-refractivity contribution is 6.30. The number of benzene rings is 2. The van der Waals surface area contributed by atoms with Crippen LogP contribution >= 0.6 is 11.6 Å². The zero-order valence-corrected chi connectivity index (χ0v) is 11.8. The van der Waals surface area contributed by atoms with E-state index >= 15 is 0 Å². The molecule has 0 aliphatic heterocycles. The Morgan fingerprint density at radius 3 is 2.62 bits per heavy atom. The average Bonchev–Trinajstić information content (AvgIpc) is 2.51. The Morgan fingerprint density at radius 2 is 1.86 bits per heavy atom. The van der Waals surface area contributed by atoms with Crippen LogP contribution in [0.5, 0.6) is 0 Å². The monoisotopic (exact) mass is 301 g/mol. The molecule has 3 N–H and O–H groups in total. The van der Waals surface area contributed by atoms with Gasteiger partial charge >= 0.3 is 0 Å². The number of fused-ring (bicyclic) bond motifs is 1. The first-order chi connectivity index (χ1) is 10.2. The van der Waals surface area contributed by atoms with Crippen molar-refractivity contribution in [2.45, 2.75) is 6.04 Å². The van der Waals surface area contributed by atoms with Crippen LogP contribution in [0.1, 0.15) is 17.2 Å². The summed E-state index contributed by atoms with van der Waals surface area (Å²) in [4.78, 5) is 4.28. The van der Waals surface area contributed by atoms with E-state index in [1.165, 1.54) is 12.1 Å². The molecule has 0 spiro atoms. The van der Waals surface area contributed by atoms with Crippen molar-refractivity contribution in [3.8, 4) is 0 Å². The maximum Gasteiger partial charge on any atom is 0.142 e. The molecule has 0 amide bonds. The molecule has 1 heterocycles. The maximum absolute atomic E-state index is 13.6. The van der Waals surface area contributed by atoms with E-state index in [2.05, 4.69) is 10.4 Å². The molecule has 1 atom stereocenters. The molecule has 3 nitrogen and oxygen atoms in total. The van der Waals surface area contributed by atoms with E-state index in [1.807, 2.05) is 30.3 Å². The molecular formula is C16H13ClFN3. The van der Waals surface area contributed by atoms with Crippen LogP contribution in [-0.2, 0) is 0 Å². The van der Waals surface area contributed by atoms with E-state index in [0.29, 0.717) is 5.56 Å². The number of nitrogens with two attached hydrogens (primary N) is 1. The summed E-state index contributed by atoms with van der Waals surface area (Å²) in [6, 6.07) is 14.0. The standard InChI is InChI=1S/C16H13ClFN3/c17-13-5-3-12(9-14(13)18)16(21-19)11-4-6-15-10(8-11)2-1-7-20-15/h1-9,16,21H,19H2. The minimum Gasteiger partial charge on any atom is -0.271 e. The first-order valence-corrected chi connectivity index (χ1v) is 6.82. The molecule has 106 valence electrons. The molecule has 0 aliphatic rings. The van der Waals surface area contributed by atoms with Crippen molar-refractivity contribution in [3.63, 3.8) is 0 Å². The quantitative estimate of drug-likeness (QED) is 0.574. The fourth-order valence-corrected chi connectivity index (χ4v) is 2.47. The zero-order chi connectivity index (χ0) is 14.8. The van der Waals surface area contributed by atoms with Crippen molar-refractivity contribution in [1.29, 1.82) is 0 Å². The van der Waals surface area contributed by atoms with Crippen molar-refractivity contribution in [2.75, 3.05) is 0 Å². The number of nitrogens with zero attached hydrogens (tertiary/aromatic N) is 1. The van der Waals surface area contributed by atoms with E-state index in [9.17, 15) is 4.39 Å². The van der Waals surface area contributed by atoms with E-state index in [-0.39, 0.29) is 11.1 Å². The van der Waals surface area contributed by atoms with E-state index in [4.69, 9.17) is 17.4 Å². The Kier molecular flexibility index (Phi) is 3.84. The largest absolute Gasteiger partial charge is 0.271 e. The molecule has 1 unspecified atom stereocenters. The third kappa shape index (κ3) is 2.74. The van der Waals surface area contributed by atoms with Gasteiger partial charge in [-0.3, -0.25) is 10.8 Å². The van der Waals surface area contributed by atoms with Crippen molar-refractivity contribution >= 4 is 22.5 Å². The lowest BCUT2D eigenvalue weighted by Crippen LogP contribution is -2.28. The fourth-order valence-electron chi connectivity index (χ4n) is 2.35. The third-order valence-electron chi connectivity index (χ3n) is 3.40. The molecule has 5 heteroatoms. The number of rotatable bonds is 3. The Bertz CT molecular complexity index is 791. The second kappa shape index (κ2) is 5.77. The number of hydrogen-bond donors (Lipinski definition) is 2. The highest BCUT2D eigenvalue weighted by atomic mass is 35.5. The van der Waals surface area contributed by atoms with E-state index in [1.54, 1.807) is 12.3 Å².